The van der Waals surface area contributed by atoms with E-state index in [1.807, 2.05) is 4.90 Å². The van der Waals surface area contributed by atoms with Crippen LogP contribution in [0.15, 0.2) is 0 Å². The van der Waals surface area contributed by atoms with E-state index in [1.165, 1.54) is 0 Å². The van der Waals surface area contributed by atoms with E-state index in [9.17, 15) is 29.7 Å². The van der Waals surface area contributed by atoms with E-state index in [4.69, 9.17) is 5.11 Å². The zero-order chi connectivity index (χ0) is 21.1. The van der Waals surface area contributed by atoms with E-state index in [1.54, 1.807) is 21.6 Å². The largest absolute Gasteiger partial charge is 0.693 e. The van der Waals surface area contributed by atoms with Gasteiger partial charge in [0, 0.05) is 133 Å². The molecule has 15 heteroatoms. The Morgan fingerprint density at radius 3 is 1.27 bits per heavy atom. The van der Waals surface area contributed by atoms with Gasteiger partial charge in [0.2, 0.25) is 0 Å². The van der Waals surface area contributed by atoms with Crippen molar-refractivity contribution in [3.05, 3.63) is 19.7 Å². The maximum Gasteiger partial charge on any atom is 0.317 e. The minimum absolute atomic E-state index is 0. The standard InChI is InChI=1S/C17H32N4O7.CH3.Gd.2H2N.Pt/c1-14(22)10-18-2-4-19(11-15(23)24)6-8-21(13-17(27)28)9-7-20(5-3-18)12-16(25)26;;;;;/h14,22H,2-13H2,1H3,(H,23,24)(H,25,26)(H,27,28);1H3;;2*1H2;/q;-1;;2*-1;/p-2. The van der Waals surface area contributed by atoms with Crippen LogP contribution in [0, 0.1) is 47.4 Å². The number of aliphatic hydroxyl groups is 1. The number of β-amino-alcohol motifs (C(OH)–C–C–N with tert-alkyl or cyclic N) is 1. The molecule has 1 unspecified atom stereocenters. The van der Waals surface area contributed by atoms with Gasteiger partial charge >= 0.3 is 5.97 Å². The van der Waals surface area contributed by atoms with Crippen LogP contribution in [-0.4, -0.2) is 132 Å². The maximum atomic E-state index is 11.1. The van der Waals surface area contributed by atoms with E-state index in [-0.39, 0.29) is 100 Å². The van der Waals surface area contributed by atoms with Crippen molar-refractivity contribution < 1.29 is 95.8 Å². The first-order chi connectivity index (χ1) is 13.2. The molecule has 0 aromatic heterocycles. The average molecular weight is 802 g/mol. The summed E-state index contributed by atoms with van der Waals surface area (Å²) in [5.41, 5.74) is 0. The summed E-state index contributed by atoms with van der Waals surface area (Å²) in [6, 6.07) is 0. The van der Waals surface area contributed by atoms with Crippen LogP contribution in [0.1, 0.15) is 6.92 Å². The van der Waals surface area contributed by atoms with Crippen LogP contribution < -0.4 is 10.2 Å². The van der Waals surface area contributed by atoms with Gasteiger partial charge in [-0.2, -0.15) is 0 Å². The second-order valence-electron chi connectivity index (χ2n) is 7.12. The molecule has 204 valence electrons. The molecule has 1 atom stereocenters. The Morgan fingerprint density at radius 1 is 0.758 bits per heavy atom. The molecule has 1 heterocycles. The molecule has 0 aliphatic carbocycles. The van der Waals surface area contributed by atoms with Crippen LogP contribution in [0.25, 0.3) is 12.3 Å². The van der Waals surface area contributed by atoms with E-state index in [0.29, 0.717) is 58.9 Å². The van der Waals surface area contributed by atoms with Gasteiger partial charge in [-0.05, 0) is 6.92 Å². The Morgan fingerprint density at radius 2 is 1.03 bits per heavy atom. The molecule has 33 heavy (non-hydrogen) atoms. The third kappa shape index (κ3) is 22.4. The molecule has 0 aromatic carbocycles. The van der Waals surface area contributed by atoms with Crippen molar-refractivity contribution >= 4 is 17.9 Å². The van der Waals surface area contributed by atoms with Gasteiger partial charge in [0.1, 0.15) is 0 Å². The number of hydrogen-bond donors (Lipinski definition) is 2. The summed E-state index contributed by atoms with van der Waals surface area (Å²) in [5, 5.41) is 40.8. The van der Waals surface area contributed by atoms with Crippen molar-refractivity contribution in [1.82, 2.24) is 19.6 Å². The summed E-state index contributed by atoms with van der Waals surface area (Å²) in [5.74, 6) is -3.42. The number of aliphatic hydroxyl groups excluding tert-OH is 1. The molecular formula is C18H37GdN6O7Pt-5. The summed E-state index contributed by atoms with van der Waals surface area (Å²) in [6.07, 6.45) is -0.580. The Balaban J connectivity index is -0.000000523. The second-order valence-corrected chi connectivity index (χ2v) is 7.12. The summed E-state index contributed by atoms with van der Waals surface area (Å²) >= 11 is 0. The van der Waals surface area contributed by atoms with E-state index in [2.05, 4.69) is 0 Å². The van der Waals surface area contributed by atoms with Crippen molar-refractivity contribution in [3.63, 3.8) is 0 Å². The summed E-state index contributed by atoms with van der Waals surface area (Å²) in [6.45, 7) is 4.39. The van der Waals surface area contributed by atoms with E-state index >= 15 is 0 Å². The number of nitrogens with two attached hydrogens (primary N) is 2. The molecule has 0 radical (unpaired) electrons. The molecule has 0 amide bonds. The van der Waals surface area contributed by atoms with Crippen LogP contribution in [0.4, 0.5) is 0 Å². The minimum Gasteiger partial charge on any atom is -0.693 e. The van der Waals surface area contributed by atoms with Crippen LogP contribution in [0.5, 0.6) is 0 Å². The van der Waals surface area contributed by atoms with Gasteiger partial charge in [-0.3, -0.25) is 24.4 Å². The molecule has 0 bridgehead atoms. The van der Waals surface area contributed by atoms with Gasteiger partial charge in [-0.15, -0.1) is 0 Å². The minimum atomic E-state index is -1.21. The Labute approximate surface area is 242 Å². The van der Waals surface area contributed by atoms with Gasteiger partial charge in [-0.1, -0.05) is 0 Å². The molecule has 1 fully saturated rings. The average Bonchev–Trinajstić information content (AvgIpc) is 2.55. The first-order valence-electron chi connectivity index (χ1n) is 9.34. The van der Waals surface area contributed by atoms with Crippen molar-refractivity contribution in [2.45, 2.75) is 13.0 Å². The van der Waals surface area contributed by atoms with Crippen molar-refractivity contribution in [3.8, 4) is 0 Å². The molecule has 1 aliphatic rings. The third-order valence-electron chi connectivity index (χ3n) is 4.52. The molecule has 0 saturated carbocycles. The summed E-state index contributed by atoms with van der Waals surface area (Å²) in [7, 11) is 0. The monoisotopic (exact) mass is 802 g/mol. The Bertz CT molecular complexity index is 505. The predicted molar refractivity (Wildman–Crippen MR) is 112 cm³/mol. The first-order valence-corrected chi connectivity index (χ1v) is 9.34. The molecule has 1 aliphatic heterocycles. The summed E-state index contributed by atoms with van der Waals surface area (Å²) in [4.78, 5) is 40.1. The van der Waals surface area contributed by atoms with Gasteiger partial charge in [-0.25, -0.2) is 0 Å². The number of carbonyl (C=O) groups is 3. The summed E-state index contributed by atoms with van der Waals surface area (Å²) < 4.78 is 0. The topological polar surface area (TPSA) is 218 Å². The fraction of sp³-hybridized carbons (Fsp3) is 0.778. The number of rotatable bonds is 8. The molecule has 1 rings (SSSR count). The van der Waals surface area contributed by atoms with Crippen LogP contribution in [0.3, 0.4) is 0 Å². The number of carboxylic acid groups (broad SMARTS) is 3. The van der Waals surface area contributed by atoms with E-state index in [0.717, 1.165) is 0 Å². The van der Waals surface area contributed by atoms with Crippen LogP contribution in [0.2, 0.25) is 0 Å². The number of aliphatic carboxylic acids is 3. The third-order valence-corrected chi connectivity index (χ3v) is 4.52. The maximum absolute atomic E-state index is 11.1. The van der Waals surface area contributed by atoms with Gasteiger partial charge < -0.3 is 49.7 Å². The first kappa shape index (κ1) is 43.2. The molecular weight excluding hydrogens is 765 g/mol. The van der Waals surface area contributed by atoms with Crippen molar-refractivity contribution in [1.29, 1.82) is 0 Å². The molecule has 13 nitrogen and oxygen atoms in total. The number of nitrogens with zero attached hydrogens (tertiary/aromatic N) is 4. The van der Waals surface area contributed by atoms with Crippen molar-refractivity contribution in [2.24, 2.45) is 0 Å². The molecule has 1 saturated heterocycles. The SMILES string of the molecule is CC(O)CN1CCN(CC(=O)[O-])CCN(CC(=O)O)CCN(CC(=O)[O-])CC1.[CH3-].[Gd].[NH2-].[NH2-].[Pt]. The van der Waals surface area contributed by atoms with Gasteiger partial charge in [0.25, 0.3) is 0 Å². The van der Waals surface area contributed by atoms with Crippen LogP contribution in [-0.2, 0) is 35.4 Å². The zero-order valence-corrected chi connectivity index (χ0v) is 23.7. The Hall–Kier alpha value is 0.143. The van der Waals surface area contributed by atoms with Gasteiger partial charge in [0.15, 0.2) is 0 Å². The molecule has 6 N–H and O–H groups in total. The van der Waals surface area contributed by atoms with Crippen LogP contribution >= 0.6 is 0 Å². The predicted octanol–water partition coefficient (Wildman–Crippen LogP) is -2.94. The van der Waals surface area contributed by atoms with E-state index < -0.39 is 24.0 Å². The van der Waals surface area contributed by atoms with Gasteiger partial charge in [0.05, 0.1) is 24.6 Å². The number of carbonyl (C=O) groups excluding carboxylic acids is 2. The second kappa shape index (κ2) is 23.9. The Kier molecular flexibility index (Phi) is 31.3. The fourth-order valence-electron chi connectivity index (χ4n) is 3.17. The fourth-order valence-corrected chi connectivity index (χ4v) is 3.17. The quantitative estimate of drug-likeness (QED) is 0.237. The normalized spacial score (nSPS) is 17.6. The molecule has 0 spiro atoms. The molecule has 0 aromatic rings. The zero-order valence-electron chi connectivity index (χ0n) is 19.1. The number of carboxylic acids is 3. The van der Waals surface area contributed by atoms with Crippen molar-refractivity contribution in [2.75, 3.05) is 78.5 Å². The smallest absolute Gasteiger partial charge is 0.317 e. The number of hydrogen-bond acceptors (Lipinski definition) is 10.